The van der Waals surface area contributed by atoms with Crippen molar-refractivity contribution in [3.05, 3.63) is 40.0 Å². The monoisotopic (exact) mass is 324 g/mol. The molecule has 2 rings (SSSR count). The molecule has 0 aromatic carbocycles. The SMILES string of the molecule is CCOC(=O)c1nc(CSc2ccc(C(=O)O)cn2)cs1. The van der Waals surface area contributed by atoms with Gasteiger partial charge in [0.05, 0.1) is 22.9 Å². The van der Waals surface area contributed by atoms with Crippen LogP contribution in [0.4, 0.5) is 0 Å². The first-order valence-corrected chi connectivity index (χ1v) is 7.90. The first-order chi connectivity index (χ1) is 10.1. The minimum Gasteiger partial charge on any atom is -0.478 e. The third kappa shape index (κ3) is 4.27. The van der Waals surface area contributed by atoms with E-state index in [4.69, 9.17) is 9.84 Å². The smallest absolute Gasteiger partial charge is 0.367 e. The van der Waals surface area contributed by atoms with Crippen molar-refractivity contribution in [3.63, 3.8) is 0 Å². The van der Waals surface area contributed by atoms with Crippen molar-refractivity contribution < 1.29 is 19.4 Å². The van der Waals surface area contributed by atoms with Crippen molar-refractivity contribution >= 4 is 35.0 Å². The Morgan fingerprint density at radius 3 is 2.86 bits per heavy atom. The number of carbonyl (C=O) groups excluding carboxylic acids is 1. The second-order valence-corrected chi connectivity index (χ2v) is 5.70. The van der Waals surface area contributed by atoms with E-state index in [9.17, 15) is 9.59 Å². The lowest BCUT2D eigenvalue weighted by atomic mass is 10.3. The minimum absolute atomic E-state index is 0.151. The zero-order chi connectivity index (χ0) is 15.2. The molecule has 110 valence electrons. The molecule has 0 spiro atoms. The lowest BCUT2D eigenvalue weighted by molar-refractivity contribution is 0.0525. The number of thioether (sulfide) groups is 1. The quantitative estimate of drug-likeness (QED) is 0.645. The van der Waals surface area contributed by atoms with Crippen LogP contribution >= 0.6 is 23.1 Å². The molecule has 0 saturated heterocycles. The molecule has 2 aromatic heterocycles. The van der Waals surface area contributed by atoms with Crippen molar-refractivity contribution in [3.8, 4) is 0 Å². The molecule has 0 amide bonds. The number of hydrogen-bond donors (Lipinski definition) is 1. The molecule has 0 fully saturated rings. The second-order valence-electron chi connectivity index (χ2n) is 3.84. The van der Waals surface area contributed by atoms with E-state index in [-0.39, 0.29) is 5.56 Å². The predicted octanol–water partition coefficient (Wildman–Crippen LogP) is 2.71. The Labute approximate surface area is 129 Å². The van der Waals surface area contributed by atoms with Crippen molar-refractivity contribution in [1.29, 1.82) is 0 Å². The van der Waals surface area contributed by atoms with Crippen LogP contribution in [0, 0.1) is 0 Å². The molecule has 0 bridgehead atoms. The number of rotatable bonds is 6. The van der Waals surface area contributed by atoms with Crippen LogP contribution in [0.15, 0.2) is 28.7 Å². The number of pyridine rings is 1. The molecule has 1 N–H and O–H groups in total. The number of aromatic nitrogens is 2. The molecular weight excluding hydrogens is 312 g/mol. The van der Waals surface area contributed by atoms with E-state index in [0.717, 1.165) is 5.69 Å². The lowest BCUT2D eigenvalue weighted by Gasteiger charge is -1.99. The third-order valence-electron chi connectivity index (χ3n) is 2.35. The number of carbonyl (C=O) groups is 2. The van der Waals surface area contributed by atoms with Crippen LogP contribution in [0.3, 0.4) is 0 Å². The van der Waals surface area contributed by atoms with Crippen molar-refractivity contribution in [2.45, 2.75) is 17.7 Å². The van der Waals surface area contributed by atoms with Crippen LogP contribution in [0.2, 0.25) is 0 Å². The van der Waals surface area contributed by atoms with E-state index in [0.29, 0.717) is 22.4 Å². The molecule has 0 aliphatic rings. The van der Waals surface area contributed by atoms with Gasteiger partial charge >= 0.3 is 11.9 Å². The summed E-state index contributed by atoms with van der Waals surface area (Å²) in [6.45, 7) is 2.07. The molecule has 0 unspecified atom stereocenters. The molecule has 21 heavy (non-hydrogen) atoms. The Morgan fingerprint density at radius 1 is 1.43 bits per heavy atom. The standard InChI is InChI=1S/C13H12N2O4S2/c1-2-19-13(18)11-15-9(7-21-11)6-20-10-4-3-8(5-14-10)12(16)17/h3-5,7H,2,6H2,1H3,(H,16,17). The zero-order valence-corrected chi connectivity index (χ0v) is 12.7. The lowest BCUT2D eigenvalue weighted by Crippen LogP contribution is -2.04. The highest BCUT2D eigenvalue weighted by Gasteiger charge is 2.12. The Morgan fingerprint density at radius 2 is 2.24 bits per heavy atom. The number of carboxylic acid groups (broad SMARTS) is 1. The summed E-state index contributed by atoms with van der Waals surface area (Å²) in [5, 5.41) is 11.6. The van der Waals surface area contributed by atoms with Gasteiger partial charge in [-0.3, -0.25) is 0 Å². The Balaban J connectivity index is 1.94. The molecule has 8 heteroatoms. The fourth-order valence-electron chi connectivity index (χ4n) is 1.40. The van der Waals surface area contributed by atoms with Crippen molar-refractivity contribution in [2.24, 2.45) is 0 Å². The Hall–Kier alpha value is -1.93. The van der Waals surface area contributed by atoms with Gasteiger partial charge in [0.1, 0.15) is 0 Å². The van der Waals surface area contributed by atoms with Gasteiger partial charge in [-0.2, -0.15) is 0 Å². The molecule has 2 heterocycles. The minimum atomic E-state index is -1.00. The maximum Gasteiger partial charge on any atom is 0.367 e. The molecule has 0 aliphatic carbocycles. The molecule has 6 nitrogen and oxygen atoms in total. The van der Waals surface area contributed by atoms with Gasteiger partial charge in [-0.15, -0.1) is 23.1 Å². The van der Waals surface area contributed by atoms with E-state index in [1.807, 2.05) is 0 Å². The number of nitrogens with zero attached hydrogens (tertiary/aromatic N) is 2. The van der Waals surface area contributed by atoms with Crippen LogP contribution in [-0.2, 0) is 10.5 Å². The van der Waals surface area contributed by atoms with Gasteiger partial charge in [0, 0.05) is 17.3 Å². The second kappa shape index (κ2) is 7.19. The summed E-state index contributed by atoms with van der Waals surface area (Å²) >= 11 is 2.66. The van der Waals surface area contributed by atoms with E-state index in [1.165, 1.54) is 35.4 Å². The molecule has 2 aromatic rings. The first-order valence-electron chi connectivity index (χ1n) is 6.03. The fraction of sp³-hybridized carbons (Fsp3) is 0.231. The summed E-state index contributed by atoms with van der Waals surface area (Å²) in [5.41, 5.74) is 0.912. The zero-order valence-electron chi connectivity index (χ0n) is 11.1. The van der Waals surface area contributed by atoms with E-state index in [1.54, 1.807) is 18.4 Å². The number of esters is 1. The van der Waals surface area contributed by atoms with Gasteiger partial charge in [-0.25, -0.2) is 19.6 Å². The summed E-state index contributed by atoms with van der Waals surface area (Å²) in [7, 11) is 0. The van der Waals surface area contributed by atoms with Gasteiger partial charge in [-0.05, 0) is 19.1 Å². The average Bonchev–Trinajstić information content (AvgIpc) is 2.95. The summed E-state index contributed by atoms with van der Waals surface area (Å²) in [5.74, 6) is -0.865. The number of aromatic carboxylic acids is 1. The van der Waals surface area contributed by atoms with Crippen LogP contribution in [0.1, 0.15) is 32.8 Å². The van der Waals surface area contributed by atoms with E-state index < -0.39 is 11.9 Å². The summed E-state index contributed by atoms with van der Waals surface area (Å²) in [6.07, 6.45) is 1.32. The highest BCUT2D eigenvalue weighted by molar-refractivity contribution is 7.98. The van der Waals surface area contributed by atoms with Gasteiger partial charge < -0.3 is 9.84 Å². The topological polar surface area (TPSA) is 89.4 Å². The van der Waals surface area contributed by atoms with Crippen molar-refractivity contribution in [1.82, 2.24) is 9.97 Å². The van der Waals surface area contributed by atoms with Crippen LogP contribution in [-0.4, -0.2) is 33.6 Å². The third-order valence-corrected chi connectivity index (χ3v) is 4.20. The van der Waals surface area contributed by atoms with Crippen molar-refractivity contribution in [2.75, 3.05) is 6.61 Å². The highest BCUT2D eigenvalue weighted by atomic mass is 32.2. The van der Waals surface area contributed by atoms with Crippen LogP contribution in [0.25, 0.3) is 0 Å². The van der Waals surface area contributed by atoms with Crippen LogP contribution < -0.4 is 0 Å². The van der Waals surface area contributed by atoms with E-state index >= 15 is 0 Å². The molecule has 0 atom stereocenters. The number of carboxylic acids is 1. The average molecular weight is 324 g/mol. The maximum absolute atomic E-state index is 11.5. The fourth-order valence-corrected chi connectivity index (χ4v) is 2.95. The highest BCUT2D eigenvalue weighted by Crippen LogP contribution is 2.22. The summed E-state index contributed by atoms with van der Waals surface area (Å²) in [4.78, 5) is 30.4. The molecule has 0 aliphatic heterocycles. The summed E-state index contributed by atoms with van der Waals surface area (Å²) < 4.78 is 4.87. The molecular formula is C13H12N2O4S2. The number of hydrogen-bond acceptors (Lipinski definition) is 7. The number of ether oxygens (including phenoxy) is 1. The molecule has 0 radical (unpaired) electrons. The Bertz CT molecular complexity index is 640. The van der Waals surface area contributed by atoms with Gasteiger partial charge in [-0.1, -0.05) is 0 Å². The number of thiazole rings is 1. The van der Waals surface area contributed by atoms with E-state index in [2.05, 4.69) is 9.97 Å². The van der Waals surface area contributed by atoms with Crippen LogP contribution in [0.5, 0.6) is 0 Å². The van der Waals surface area contributed by atoms with Gasteiger partial charge in [0.25, 0.3) is 0 Å². The predicted molar refractivity (Wildman–Crippen MR) is 78.8 cm³/mol. The first kappa shape index (κ1) is 15.5. The molecule has 0 saturated carbocycles. The largest absolute Gasteiger partial charge is 0.478 e. The van der Waals surface area contributed by atoms with Gasteiger partial charge in [0.15, 0.2) is 0 Å². The normalized spacial score (nSPS) is 10.3. The maximum atomic E-state index is 11.5. The Kier molecular flexibility index (Phi) is 5.29. The summed E-state index contributed by atoms with van der Waals surface area (Å²) in [6, 6.07) is 3.15. The van der Waals surface area contributed by atoms with Gasteiger partial charge in [0.2, 0.25) is 5.01 Å².